The molecule has 0 fully saturated rings. The van der Waals surface area contributed by atoms with Gasteiger partial charge in [-0.1, -0.05) is 36.4 Å². The van der Waals surface area contributed by atoms with Gasteiger partial charge in [0.1, 0.15) is 0 Å². The van der Waals surface area contributed by atoms with Gasteiger partial charge in [-0.25, -0.2) is 8.78 Å². The van der Waals surface area contributed by atoms with Crippen LogP contribution in [0.5, 0.6) is 0 Å². The maximum absolute atomic E-state index is 13.3. The average Bonchev–Trinajstić information content (AvgIpc) is 2.24. The van der Waals surface area contributed by atoms with Crippen LogP contribution in [0.15, 0.2) is 48.5 Å². The molecule has 0 nitrogen and oxygen atoms in total. The van der Waals surface area contributed by atoms with E-state index in [-0.39, 0.29) is 30.5 Å². The first-order chi connectivity index (χ1) is 7.27. The SMILES string of the molecule is Fc1ccccc1[P-]c1ccccc1F.[Li+]. The van der Waals surface area contributed by atoms with Crippen LogP contribution < -0.4 is 29.5 Å². The van der Waals surface area contributed by atoms with E-state index in [9.17, 15) is 8.78 Å². The van der Waals surface area contributed by atoms with Crippen molar-refractivity contribution in [3.63, 3.8) is 0 Å². The van der Waals surface area contributed by atoms with E-state index in [1.54, 1.807) is 36.4 Å². The second kappa shape index (κ2) is 6.16. The van der Waals surface area contributed by atoms with Crippen LogP contribution in [-0.2, 0) is 0 Å². The zero-order valence-corrected chi connectivity index (χ0v) is 9.72. The van der Waals surface area contributed by atoms with Gasteiger partial charge in [-0.15, -0.1) is 0 Å². The minimum Gasteiger partial charge on any atom is -0.466 e. The van der Waals surface area contributed by atoms with Gasteiger partial charge in [-0.05, 0) is 12.1 Å². The van der Waals surface area contributed by atoms with Crippen molar-refractivity contribution in [3.05, 3.63) is 60.2 Å². The second-order valence-electron chi connectivity index (χ2n) is 3.01. The van der Waals surface area contributed by atoms with Crippen molar-refractivity contribution in [1.82, 2.24) is 0 Å². The van der Waals surface area contributed by atoms with Gasteiger partial charge in [0, 0.05) is 0 Å². The molecule has 0 radical (unpaired) electrons. The third-order valence-electron chi connectivity index (χ3n) is 1.95. The van der Waals surface area contributed by atoms with Crippen molar-refractivity contribution in [2.75, 3.05) is 0 Å². The number of halogens is 2. The van der Waals surface area contributed by atoms with Crippen molar-refractivity contribution < 1.29 is 27.6 Å². The summed E-state index contributed by atoms with van der Waals surface area (Å²) in [5.74, 6) is -0.607. The summed E-state index contributed by atoms with van der Waals surface area (Å²) in [6.07, 6.45) is 0. The van der Waals surface area contributed by atoms with E-state index in [1.165, 1.54) is 12.1 Å². The van der Waals surface area contributed by atoms with Gasteiger partial charge in [-0.3, -0.25) is 0 Å². The maximum Gasteiger partial charge on any atom is 1.00 e. The predicted octanol–water partition coefficient (Wildman–Crippen LogP) is -0.134. The number of hydrogen-bond acceptors (Lipinski definition) is 0. The summed E-state index contributed by atoms with van der Waals surface area (Å²) in [6, 6.07) is 12.8. The molecule has 0 heterocycles. The average molecular weight is 228 g/mol. The summed E-state index contributed by atoms with van der Waals surface area (Å²) < 4.78 is 26.6. The van der Waals surface area contributed by atoms with Crippen LogP contribution in [0.4, 0.5) is 8.78 Å². The van der Waals surface area contributed by atoms with E-state index >= 15 is 0 Å². The second-order valence-corrected chi connectivity index (χ2v) is 4.20. The fourth-order valence-corrected chi connectivity index (χ4v) is 2.16. The van der Waals surface area contributed by atoms with Crippen LogP contribution >= 0.6 is 8.58 Å². The topological polar surface area (TPSA) is 0 Å². The molecule has 2 aromatic carbocycles. The van der Waals surface area contributed by atoms with Gasteiger partial charge in [0.25, 0.3) is 0 Å². The van der Waals surface area contributed by atoms with Gasteiger partial charge < -0.3 is 8.58 Å². The monoisotopic (exact) mass is 228 g/mol. The standard InChI is InChI=1S/C12H8F2P.Li/c13-9-5-1-3-7-11(9)15-12-8-4-2-6-10(12)14;/h1-8H;/q-1;+1. The van der Waals surface area contributed by atoms with Crippen LogP contribution in [0, 0.1) is 11.6 Å². The smallest absolute Gasteiger partial charge is 0.466 e. The molecule has 0 aromatic heterocycles. The molecule has 0 aliphatic carbocycles. The molecule has 0 aliphatic rings. The molecule has 0 spiro atoms. The van der Waals surface area contributed by atoms with Crippen molar-refractivity contribution in [2.45, 2.75) is 0 Å². The summed E-state index contributed by atoms with van der Waals surface area (Å²) in [5.41, 5.74) is 0. The molecule has 16 heavy (non-hydrogen) atoms. The maximum atomic E-state index is 13.3. The van der Waals surface area contributed by atoms with E-state index in [0.717, 1.165) is 0 Å². The summed E-state index contributed by atoms with van der Waals surface area (Å²) in [5, 5.41) is 0.977. The quantitative estimate of drug-likeness (QED) is 0.496. The van der Waals surface area contributed by atoms with E-state index in [1.807, 2.05) is 0 Å². The fourth-order valence-electron chi connectivity index (χ4n) is 1.21. The Morgan fingerprint density at radius 3 is 1.44 bits per heavy atom. The van der Waals surface area contributed by atoms with Crippen molar-refractivity contribution in [3.8, 4) is 0 Å². The molecule has 2 rings (SSSR count). The van der Waals surface area contributed by atoms with E-state index in [2.05, 4.69) is 0 Å². The molecular formula is C12H8F2LiP. The Morgan fingerprint density at radius 1 is 0.688 bits per heavy atom. The summed E-state index contributed by atoms with van der Waals surface area (Å²) in [4.78, 5) is 0. The molecule has 0 N–H and O–H groups in total. The first-order valence-electron chi connectivity index (χ1n) is 4.48. The Kier molecular flexibility index (Phi) is 5.16. The third-order valence-corrected chi connectivity index (χ3v) is 3.15. The fraction of sp³-hybridized carbons (Fsp3) is 0. The minimum atomic E-state index is -0.303. The van der Waals surface area contributed by atoms with Crippen molar-refractivity contribution in [2.24, 2.45) is 0 Å². The molecule has 0 atom stereocenters. The van der Waals surface area contributed by atoms with E-state index in [4.69, 9.17) is 0 Å². The Hall–Kier alpha value is -0.673. The van der Waals surface area contributed by atoms with Crippen LogP contribution in [0.3, 0.4) is 0 Å². The Bertz CT molecular complexity index is 431. The van der Waals surface area contributed by atoms with Gasteiger partial charge in [0.2, 0.25) is 0 Å². The van der Waals surface area contributed by atoms with Gasteiger partial charge >= 0.3 is 18.9 Å². The van der Waals surface area contributed by atoms with Crippen LogP contribution in [-0.4, -0.2) is 0 Å². The Balaban J connectivity index is 0.00000128. The first kappa shape index (κ1) is 13.4. The zero-order valence-electron chi connectivity index (χ0n) is 8.82. The molecule has 4 heteroatoms. The van der Waals surface area contributed by atoms with Gasteiger partial charge in [0.05, 0.1) is 11.6 Å². The van der Waals surface area contributed by atoms with E-state index < -0.39 is 0 Å². The molecule has 76 valence electrons. The van der Waals surface area contributed by atoms with Crippen molar-refractivity contribution >= 4 is 19.2 Å². The summed E-state index contributed by atoms with van der Waals surface area (Å²) >= 11 is 0. The third kappa shape index (κ3) is 3.16. The van der Waals surface area contributed by atoms with Crippen molar-refractivity contribution in [1.29, 1.82) is 0 Å². The number of rotatable bonds is 2. The molecule has 0 saturated heterocycles. The normalized spacial score (nSPS) is 9.62. The molecular weight excluding hydrogens is 220 g/mol. The number of benzene rings is 2. The molecule has 0 amide bonds. The predicted molar refractivity (Wildman–Crippen MR) is 59.0 cm³/mol. The first-order valence-corrected chi connectivity index (χ1v) is 5.37. The molecule has 0 aliphatic heterocycles. The summed E-state index contributed by atoms with van der Waals surface area (Å²) in [6.45, 7) is 0. The van der Waals surface area contributed by atoms with Crippen LogP contribution in [0.2, 0.25) is 0 Å². The van der Waals surface area contributed by atoms with Gasteiger partial charge in [-0.2, -0.15) is 10.6 Å². The zero-order chi connectivity index (χ0) is 10.7. The molecule has 2 aromatic rings. The molecule has 0 saturated carbocycles. The van der Waals surface area contributed by atoms with Gasteiger partial charge in [0.15, 0.2) is 0 Å². The summed E-state index contributed by atoms with van der Waals surface area (Å²) in [7, 11) is 0.558. The number of hydrogen-bond donors (Lipinski definition) is 0. The Morgan fingerprint density at radius 2 is 1.06 bits per heavy atom. The molecule has 0 bridgehead atoms. The van der Waals surface area contributed by atoms with Crippen LogP contribution in [0.1, 0.15) is 0 Å². The largest absolute Gasteiger partial charge is 1.00 e. The minimum absolute atomic E-state index is 0. The molecule has 0 unspecified atom stereocenters. The Labute approximate surface area is 107 Å². The van der Waals surface area contributed by atoms with Crippen LogP contribution in [0.25, 0.3) is 0 Å². The van der Waals surface area contributed by atoms with E-state index in [0.29, 0.717) is 19.2 Å².